The second-order valence-electron chi connectivity index (χ2n) is 6.22. The van der Waals surface area contributed by atoms with Gasteiger partial charge in [-0.1, -0.05) is 35.5 Å². The van der Waals surface area contributed by atoms with Gasteiger partial charge < -0.3 is 21.0 Å². The normalized spacial score (nSPS) is 16.5. The molecular weight excluding hydrogens is 366 g/mol. The highest BCUT2D eigenvalue weighted by molar-refractivity contribution is 7.17. The molecule has 8 heteroatoms. The summed E-state index contributed by atoms with van der Waals surface area (Å²) >= 11 is 1.35. The Labute approximate surface area is 160 Å². The number of thiophene rings is 1. The van der Waals surface area contributed by atoms with Crippen LogP contribution in [0.25, 0.3) is 0 Å². The van der Waals surface area contributed by atoms with Crippen molar-refractivity contribution in [2.75, 3.05) is 11.9 Å². The molecule has 1 aliphatic rings. The number of amides is 1. The van der Waals surface area contributed by atoms with Crippen molar-refractivity contribution in [3.63, 3.8) is 0 Å². The van der Waals surface area contributed by atoms with Crippen molar-refractivity contribution in [1.29, 1.82) is 0 Å². The van der Waals surface area contributed by atoms with Gasteiger partial charge >= 0.3 is 5.97 Å². The van der Waals surface area contributed by atoms with Crippen LogP contribution >= 0.6 is 11.3 Å². The molecule has 0 aliphatic heterocycles. The van der Waals surface area contributed by atoms with Gasteiger partial charge in [0.1, 0.15) is 5.00 Å². The molecule has 0 saturated carbocycles. The maximum Gasteiger partial charge on any atom is 0.341 e. The van der Waals surface area contributed by atoms with Gasteiger partial charge in [-0.05, 0) is 43.2 Å². The van der Waals surface area contributed by atoms with E-state index in [4.69, 9.17) is 15.7 Å². The van der Waals surface area contributed by atoms with Gasteiger partial charge in [-0.2, -0.15) is 0 Å². The lowest BCUT2D eigenvalue weighted by Crippen LogP contribution is -2.30. The number of carbonyl (C=O) groups is 2. The van der Waals surface area contributed by atoms with Crippen LogP contribution in [0.4, 0.5) is 5.00 Å². The summed E-state index contributed by atoms with van der Waals surface area (Å²) < 4.78 is 5.18. The Balaban J connectivity index is 1.94. The van der Waals surface area contributed by atoms with Crippen LogP contribution in [0.15, 0.2) is 35.5 Å². The summed E-state index contributed by atoms with van der Waals surface area (Å²) in [5.74, 6) is -1.44. The first-order valence-corrected chi connectivity index (χ1v) is 9.52. The second kappa shape index (κ2) is 8.22. The third kappa shape index (κ3) is 3.95. The molecule has 7 nitrogen and oxygen atoms in total. The van der Waals surface area contributed by atoms with E-state index in [-0.39, 0.29) is 6.61 Å². The molecule has 1 aliphatic carbocycles. The number of nitrogens with zero attached hydrogens (tertiary/aromatic N) is 1. The summed E-state index contributed by atoms with van der Waals surface area (Å²) in [4.78, 5) is 25.5. The van der Waals surface area contributed by atoms with Crippen molar-refractivity contribution in [3.05, 3.63) is 51.9 Å². The number of fused-ring (bicyclic) bond motifs is 1. The number of amidine groups is 1. The van der Waals surface area contributed by atoms with Crippen molar-refractivity contribution in [3.8, 4) is 0 Å². The lowest BCUT2D eigenvalue weighted by atomic mass is 9.83. The zero-order valence-electron chi connectivity index (χ0n) is 14.9. The summed E-state index contributed by atoms with van der Waals surface area (Å²) in [5, 5.41) is 14.3. The first-order chi connectivity index (χ1) is 13.0. The van der Waals surface area contributed by atoms with E-state index in [1.54, 1.807) is 6.92 Å². The SMILES string of the molecule is CCOC(=O)c1c(NC(=O)/C(N)=N\O)sc2c1CCC(c1ccccc1)C2. The van der Waals surface area contributed by atoms with Gasteiger partial charge in [-0.25, -0.2) is 4.79 Å². The number of ether oxygens (including phenoxy) is 1. The zero-order valence-corrected chi connectivity index (χ0v) is 15.7. The number of benzene rings is 1. The monoisotopic (exact) mass is 387 g/mol. The third-order valence-corrected chi connectivity index (χ3v) is 5.75. The quantitative estimate of drug-likeness (QED) is 0.245. The molecule has 27 heavy (non-hydrogen) atoms. The van der Waals surface area contributed by atoms with E-state index in [1.165, 1.54) is 16.9 Å². The lowest BCUT2D eigenvalue weighted by Gasteiger charge is -2.23. The van der Waals surface area contributed by atoms with E-state index in [0.717, 1.165) is 29.7 Å². The molecule has 0 fully saturated rings. The number of anilines is 1. The Hall–Kier alpha value is -2.87. The summed E-state index contributed by atoms with van der Waals surface area (Å²) in [6, 6.07) is 10.2. The number of nitrogens with two attached hydrogens (primary N) is 1. The van der Waals surface area contributed by atoms with Gasteiger partial charge in [0, 0.05) is 4.88 Å². The highest BCUT2D eigenvalue weighted by atomic mass is 32.1. The minimum Gasteiger partial charge on any atom is -0.462 e. The van der Waals surface area contributed by atoms with Crippen LogP contribution < -0.4 is 11.1 Å². The predicted octanol–water partition coefficient (Wildman–Crippen LogP) is 2.88. The number of esters is 1. The number of carbonyl (C=O) groups excluding carboxylic acids is 2. The number of hydrogen-bond acceptors (Lipinski definition) is 6. The summed E-state index contributed by atoms with van der Waals surface area (Å²) in [6.45, 7) is 1.97. The van der Waals surface area contributed by atoms with Gasteiger partial charge in [0.25, 0.3) is 5.91 Å². The molecule has 0 bridgehead atoms. The Morgan fingerprint density at radius 2 is 2.11 bits per heavy atom. The number of rotatable bonds is 4. The largest absolute Gasteiger partial charge is 0.462 e. The van der Waals surface area contributed by atoms with Crippen molar-refractivity contribution < 1.29 is 19.5 Å². The molecule has 1 atom stereocenters. The van der Waals surface area contributed by atoms with Crippen LogP contribution in [0.1, 0.15) is 45.6 Å². The van der Waals surface area contributed by atoms with Crippen molar-refractivity contribution in [2.45, 2.75) is 32.1 Å². The zero-order chi connectivity index (χ0) is 19.4. The molecule has 2 aromatic rings. The molecule has 1 aromatic heterocycles. The fourth-order valence-corrected chi connectivity index (χ4v) is 4.63. The minimum absolute atomic E-state index is 0.240. The minimum atomic E-state index is -0.763. The topological polar surface area (TPSA) is 114 Å². The van der Waals surface area contributed by atoms with Gasteiger partial charge in [0.05, 0.1) is 12.2 Å². The van der Waals surface area contributed by atoms with Crippen molar-refractivity contribution >= 4 is 34.0 Å². The molecular formula is C19H21N3O4S. The van der Waals surface area contributed by atoms with Crippen LogP contribution in [0, 0.1) is 0 Å². The van der Waals surface area contributed by atoms with E-state index in [1.807, 2.05) is 18.2 Å². The standard InChI is InChI=1S/C19H21N3O4S/c1-2-26-19(24)15-13-9-8-12(11-6-4-3-5-7-11)10-14(13)27-18(15)21-17(23)16(20)22-25/h3-7,12,25H,2,8-10H2,1H3,(H2,20,22)(H,21,23). The summed E-state index contributed by atoms with van der Waals surface area (Å²) in [5.41, 5.74) is 7.90. The highest BCUT2D eigenvalue weighted by Gasteiger charge is 2.31. The maximum atomic E-state index is 12.5. The number of oxime groups is 1. The molecule has 0 saturated heterocycles. The molecule has 3 rings (SSSR count). The van der Waals surface area contributed by atoms with Gasteiger partial charge in [0.2, 0.25) is 5.84 Å². The van der Waals surface area contributed by atoms with Gasteiger partial charge in [-0.15, -0.1) is 11.3 Å². The lowest BCUT2D eigenvalue weighted by molar-refractivity contribution is -0.110. The number of hydrogen-bond donors (Lipinski definition) is 3. The van der Waals surface area contributed by atoms with Crippen LogP contribution in [-0.2, 0) is 22.4 Å². The van der Waals surface area contributed by atoms with Crippen molar-refractivity contribution in [1.82, 2.24) is 0 Å². The van der Waals surface area contributed by atoms with E-state index in [0.29, 0.717) is 16.5 Å². The fraction of sp³-hybridized carbons (Fsp3) is 0.316. The Morgan fingerprint density at radius 1 is 1.37 bits per heavy atom. The Morgan fingerprint density at radius 3 is 2.78 bits per heavy atom. The average Bonchev–Trinajstić information content (AvgIpc) is 3.05. The van der Waals surface area contributed by atoms with Crippen LogP contribution in [0.5, 0.6) is 0 Å². The summed E-state index contributed by atoms with van der Waals surface area (Å²) in [7, 11) is 0. The Bertz CT molecular complexity index is 877. The van der Waals surface area contributed by atoms with Gasteiger partial charge in [-0.3, -0.25) is 4.79 Å². The molecule has 1 unspecified atom stereocenters. The molecule has 4 N–H and O–H groups in total. The Kier molecular flexibility index (Phi) is 5.75. The molecule has 1 amide bonds. The van der Waals surface area contributed by atoms with Gasteiger partial charge in [0.15, 0.2) is 0 Å². The van der Waals surface area contributed by atoms with E-state index in [2.05, 4.69) is 22.6 Å². The molecule has 1 heterocycles. The van der Waals surface area contributed by atoms with E-state index in [9.17, 15) is 9.59 Å². The van der Waals surface area contributed by atoms with Crippen molar-refractivity contribution in [2.24, 2.45) is 10.9 Å². The highest BCUT2D eigenvalue weighted by Crippen LogP contribution is 2.42. The molecule has 0 radical (unpaired) electrons. The first-order valence-electron chi connectivity index (χ1n) is 8.70. The molecule has 0 spiro atoms. The number of nitrogens with one attached hydrogen (secondary N) is 1. The van der Waals surface area contributed by atoms with Crippen LogP contribution in [-0.4, -0.2) is 29.5 Å². The second-order valence-corrected chi connectivity index (χ2v) is 7.32. The average molecular weight is 387 g/mol. The smallest absolute Gasteiger partial charge is 0.341 e. The molecule has 1 aromatic carbocycles. The third-order valence-electron chi connectivity index (χ3n) is 4.58. The maximum absolute atomic E-state index is 12.5. The predicted molar refractivity (Wildman–Crippen MR) is 104 cm³/mol. The first kappa shape index (κ1) is 18.9. The van der Waals surface area contributed by atoms with Crippen LogP contribution in [0.2, 0.25) is 0 Å². The summed E-state index contributed by atoms with van der Waals surface area (Å²) in [6.07, 6.45) is 2.42. The fourth-order valence-electron chi connectivity index (χ4n) is 3.32. The van der Waals surface area contributed by atoms with E-state index >= 15 is 0 Å². The van der Waals surface area contributed by atoms with E-state index < -0.39 is 17.7 Å². The van der Waals surface area contributed by atoms with Crippen LogP contribution in [0.3, 0.4) is 0 Å². The molecule has 142 valence electrons.